The number of nitrogens with zero attached hydrogens (tertiary/aromatic N) is 1. The van der Waals surface area contributed by atoms with E-state index in [0.717, 1.165) is 0 Å². The van der Waals surface area contributed by atoms with Gasteiger partial charge in [0.25, 0.3) is 0 Å². The summed E-state index contributed by atoms with van der Waals surface area (Å²) in [5, 5.41) is 0. The molecule has 0 unspecified atom stereocenters. The Balaban J connectivity index is 1.65. The Bertz CT molecular complexity index is 1770. The monoisotopic (exact) mass is 517 g/mol. The molecule has 196 valence electrons. The van der Waals surface area contributed by atoms with Crippen molar-refractivity contribution in [2.24, 2.45) is 0 Å². The van der Waals surface area contributed by atoms with Crippen LogP contribution >= 0.6 is 0 Å². The summed E-state index contributed by atoms with van der Waals surface area (Å²) < 4.78 is 0. The molecule has 0 saturated carbocycles. The van der Waals surface area contributed by atoms with E-state index in [9.17, 15) is 0 Å². The van der Waals surface area contributed by atoms with E-state index >= 15 is 0 Å². The number of hydrogen-bond donors (Lipinski definition) is 0. The minimum atomic E-state index is -0.0181. The average molecular weight is 518 g/mol. The Morgan fingerprint density at radius 2 is 1.12 bits per heavy atom. The summed E-state index contributed by atoms with van der Waals surface area (Å²) in [5.41, 5.74) is 16.1. The van der Waals surface area contributed by atoms with Crippen LogP contribution in [0, 0.1) is 0 Å². The van der Waals surface area contributed by atoms with Crippen LogP contribution in [0.15, 0.2) is 109 Å². The van der Waals surface area contributed by atoms with E-state index in [4.69, 9.17) is 0 Å². The molecule has 0 saturated heterocycles. The largest absolute Gasteiger partial charge is 0.311 e. The highest BCUT2D eigenvalue weighted by molar-refractivity contribution is 7.01. The summed E-state index contributed by atoms with van der Waals surface area (Å²) in [6, 6.07) is 40.8. The van der Waals surface area contributed by atoms with Crippen molar-refractivity contribution in [2.45, 2.75) is 52.4 Å². The zero-order chi connectivity index (χ0) is 27.8. The molecule has 0 amide bonds. The number of para-hydroxylation sites is 2. The predicted molar refractivity (Wildman–Crippen MR) is 174 cm³/mol. The van der Waals surface area contributed by atoms with Crippen molar-refractivity contribution in [3.63, 3.8) is 0 Å². The normalized spacial score (nSPS) is 13.7. The van der Waals surface area contributed by atoms with Crippen molar-refractivity contribution in [1.29, 1.82) is 0 Å². The first kappa shape index (κ1) is 25.0. The minimum Gasteiger partial charge on any atom is -0.311 e. The zero-order valence-electron chi connectivity index (χ0n) is 24.4. The maximum Gasteiger partial charge on any atom is 0.248 e. The number of anilines is 3. The maximum atomic E-state index is 2.62. The number of fused-ring (bicyclic) bond motifs is 5. The van der Waals surface area contributed by atoms with Crippen molar-refractivity contribution in [3.8, 4) is 22.3 Å². The third-order valence-electron chi connectivity index (χ3n) is 8.72. The molecule has 0 spiro atoms. The highest BCUT2D eigenvalue weighted by Gasteiger charge is 2.44. The lowest BCUT2D eigenvalue weighted by atomic mass is 9.36. The molecule has 0 radical (unpaired) electrons. The second-order valence-corrected chi connectivity index (χ2v) is 13.4. The first-order valence-electron chi connectivity index (χ1n) is 14.5. The van der Waals surface area contributed by atoms with Crippen LogP contribution in [0.25, 0.3) is 22.3 Å². The van der Waals surface area contributed by atoms with Crippen molar-refractivity contribution in [2.75, 3.05) is 4.90 Å². The summed E-state index contributed by atoms with van der Waals surface area (Å²) in [7, 11) is 0. The van der Waals surface area contributed by atoms with Gasteiger partial charge in [-0.3, -0.25) is 0 Å². The molecular formula is C38H36BN. The predicted octanol–water partition coefficient (Wildman–Crippen LogP) is 8.23. The average Bonchev–Trinajstić information content (AvgIpc) is 3.28. The second-order valence-electron chi connectivity index (χ2n) is 13.4. The van der Waals surface area contributed by atoms with E-state index in [-0.39, 0.29) is 17.5 Å². The van der Waals surface area contributed by atoms with Gasteiger partial charge in [-0.05, 0) is 73.3 Å². The highest BCUT2D eigenvalue weighted by Crippen LogP contribution is 2.48. The van der Waals surface area contributed by atoms with Gasteiger partial charge < -0.3 is 4.90 Å². The van der Waals surface area contributed by atoms with E-state index in [1.807, 2.05) is 0 Å². The molecule has 40 heavy (non-hydrogen) atoms. The lowest BCUT2D eigenvalue weighted by molar-refractivity contribution is 0.587. The number of hydrogen-bond acceptors (Lipinski definition) is 1. The lowest BCUT2D eigenvalue weighted by Gasteiger charge is -2.41. The molecule has 0 fully saturated rings. The third-order valence-corrected chi connectivity index (χ3v) is 8.72. The molecule has 0 bridgehead atoms. The van der Waals surface area contributed by atoms with Crippen LogP contribution in [0.4, 0.5) is 17.1 Å². The van der Waals surface area contributed by atoms with Crippen LogP contribution in [0.2, 0.25) is 0 Å². The summed E-state index contributed by atoms with van der Waals surface area (Å²) in [4.78, 5) is 2.62. The molecule has 0 N–H and O–H groups in total. The van der Waals surface area contributed by atoms with Gasteiger partial charge in [-0.1, -0.05) is 138 Å². The standard InChI is InChI=1S/C38H36BN/c1-37(2,3)29-18-11-13-22-33(29)40-34-24-26(25-15-8-7-9-16-25)23-28-27-17-10-12-20-31(27)39(35(28)34)32-21-14-19-30(36(32)40)38(4,5)6/h7-24H,1-6H3. The van der Waals surface area contributed by atoms with E-state index < -0.39 is 0 Å². The number of benzene rings is 5. The molecule has 5 aromatic rings. The Labute approximate surface area is 239 Å². The molecule has 2 heterocycles. The van der Waals surface area contributed by atoms with Crippen LogP contribution < -0.4 is 21.3 Å². The molecular weight excluding hydrogens is 481 g/mol. The van der Waals surface area contributed by atoms with Gasteiger partial charge >= 0.3 is 0 Å². The van der Waals surface area contributed by atoms with Gasteiger partial charge in [0.2, 0.25) is 6.71 Å². The van der Waals surface area contributed by atoms with Gasteiger partial charge in [-0.15, -0.1) is 0 Å². The van der Waals surface area contributed by atoms with E-state index in [2.05, 4.69) is 156 Å². The van der Waals surface area contributed by atoms with Gasteiger partial charge in [0.15, 0.2) is 0 Å². The molecule has 7 rings (SSSR count). The van der Waals surface area contributed by atoms with Crippen molar-refractivity contribution in [3.05, 3.63) is 120 Å². The topological polar surface area (TPSA) is 3.24 Å². The van der Waals surface area contributed by atoms with E-state index in [1.54, 1.807) is 0 Å². The fraction of sp³-hybridized carbons (Fsp3) is 0.211. The minimum absolute atomic E-state index is 0.00649. The summed E-state index contributed by atoms with van der Waals surface area (Å²) >= 11 is 0. The second kappa shape index (κ2) is 8.73. The Morgan fingerprint density at radius 1 is 0.500 bits per heavy atom. The van der Waals surface area contributed by atoms with Crippen molar-refractivity contribution < 1.29 is 0 Å². The molecule has 2 aliphatic heterocycles. The highest BCUT2D eigenvalue weighted by atomic mass is 15.2. The van der Waals surface area contributed by atoms with E-state index in [1.165, 1.54) is 66.8 Å². The third kappa shape index (κ3) is 3.69. The molecule has 0 atom stereocenters. The molecule has 1 nitrogen and oxygen atoms in total. The smallest absolute Gasteiger partial charge is 0.248 e. The van der Waals surface area contributed by atoms with E-state index in [0.29, 0.717) is 0 Å². The van der Waals surface area contributed by atoms with Crippen LogP contribution in [-0.2, 0) is 10.8 Å². The fourth-order valence-corrected chi connectivity index (χ4v) is 6.94. The van der Waals surface area contributed by atoms with Crippen molar-refractivity contribution >= 4 is 40.2 Å². The first-order chi connectivity index (χ1) is 19.1. The van der Waals surface area contributed by atoms with Gasteiger partial charge in [0.05, 0.1) is 0 Å². The summed E-state index contributed by atoms with van der Waals surface area (Å²) in [6.45, 7) is 14.3. The molecule has 0 aromatic heterocycles. The van der Waals surface area contributed by atoms with Gasteiger partial charge in [-0.2, -0.15) is 0 Å². The Hall–Kier alpha value is -4.04. The molecule has 2 heteroatoms. The molecule has 2 aliphatic rings. The SMILES string of the molecule is CC(C)(C)c1ccccc1N1c2cc(-c3ccccc3)cc3c2B(c2ccccc2-3)c2cccc(C(C)(C)C)c21. The number of rotatable bonds is 2. The Morgan fingerprint density at radius 3 is 1.88 bits per heavy atom. The van der Waals surface area contributed by atoms with Crippen LogP contribution in [0.3, 0.4) is 0 Å². The Kier molecular flexibility index (Phi) is 5.45. The molecule has 0 aliphatic carbocycles. The fourth-order valence-electron chi connectivity index (χ4n) is 6.94. The summed E-state index contributed by atoms with van der Waals surface area (Å²) in [5.74, 6) is 0. The van der Waals surface area contributed by atoms with Gasteiger partial charge in [0.1, 0.15) is 0 Å². The molecule has 5 aromatic carbocycles. The van der Waals surface area contributed by atoms with Crippen LogP contribution in [0.1, 0.15) is 52.7 Å². The van der Waals surface area contributed by atoms with Crippen molar-refractivity contribution in [1.82, 2.24) is 0 Å². The van der Waals surface area contributed by atoms with Crippen LogP contribution in [-0.4, -0.2) is 6.71 Å². The summed E-state index contributed by atoms with van der Waals surface area (Å²) in [6.07, 6.45) is 0. The van der Waals surface area contributed by atoms with Gasteiger partial charge in [-0.25, -0.2) is 0 Å². The first-order valence-corrected chi connectivity index (χ1v) is 14.5. The van der Waals surface area contributed by atoms with Gasteiger partial charge in [0, 0.05) is 17.1 Å². The quantitative estimate of drug-likeness (QED) is 0.209. The van der Waals surface area contributed by atoms with Crippen LogP contribution in [0.5, 0.6) is 0 Å². The zero-order valence-corrected chi connectivity index (χ0v) is 24.4. The lowest BCUT2D eigenvalue weighted by Crippen LogP contribution is -2.55. The maximum absolute atomic E-state index is 2.62.